The fraction of sp³-hybridized carbons (Fsp3) is 0.792. The van der Waals surface area contributed by atoms with E-state index >= 15 is 0 Å². The Morgan fingerprint density at radius 2 is 1.83 bits per heavy atom. The molecule has 1 aromatic heterocycles. The van der Waals surface area contributed by atoms with Crippen LogP contribution in [0.4, 0.5) is 0 Å². The first-order chi connectivity index (χ1) is 14.3. The van der Waals surface area contributed by atoms with Gasteiger partial charge >= 0.3 is 0 Å². The van der Waals surface area contributed by atoms with Gasteiger partial charge in [0.05, 0.1) is 12.2 Å². The number of carbonyl (C=O) groups is 1. The van der Waals surface area contributed by atoms with Crippen molar-refractivity contribution in [2.75, 3.05) is 32.7 Å². The summed E-state index contributed by atoms with van der Waals surface area (Å²) in [4.78, 5) is 34.7. The second kappa shape index (κ2) is 8.81. The first-order valence-corrected chi connectivity index (χ1v) is 11.9. The van der Waals surface area contributed by atoms with E-state index < -0.39 is 0 Å². The zero-order chi connectivity index (χ0) is 21.3. The largest absolute Gasteiger partial charge is 0.342 e. The van der Waals surface area contributed by atoms with Gasteiger partial charge in [-0.15, -0.1) is 0 Å². The summed E-state index contributed by atoms with van der Waals surface area (Å²) in [6, 6.07) is 1.75. The fourth-order valence-corrected chi connectivity index (χ4v) is 5.45. The number of aryl methyl sites for hydroxylation is 1. The van der Waals surface area contributed by atoms with Gasteiger partial charge in [0.15, 0.2) is 0 Å². The van der Waals surface area contributed by atoms with Crippen molar-refractivity contribution in [3.8, 4) is 0 Å². The van der Waals surface area contributed by atoms with Gasteiger partial charge in [0.2, 0.25) is 5.91 Å². The number of amides is 1. The molecule has 3 aliphatic rings. The van der Waals surface area contributed by atoms with Crippen molar-refractivity contribution in [3.63, 3.8) is 0 Å². The van der Waals surface area contributed by atoms with Gasteiger partial charge in [-0.2, -0.15) is 0 Å². The third-order valence-electron chi connectivity index (χ3n) is 7.51. The van der Waals surface area contributed by atoms with Gasteiger partial charge in [-0.25, -0.2) is 4.98 Å². The molecule has 4 rings (SSSR count). The molecule has 0 bridgehead atoms. The number of aromatic nitrogens is 2. The summed E-state index contributed by atoms with van der Waals surface area (Å²) >= 11 is 0. The predicted molar refractivity (Wildman–Crippen MR) is 119 cm³/mol. The molecule has 30 heavy (non-hydrogen) atoms. The lowest BCUT2D eigenvalue weighted by Gasteiger charge is -2.39. The lowest BCUT2D eigenvalue weighted by molar-refractivity contribution is -0.134. The summed E-state index contributed by atoms with van der Waals surface area (Å²) < 4.78 is 1.87. The van der Waals surface area contributed by atoms with Crippen molar-refractivity contribution < 1.29 is 4.79 Å². The lowest BCUT2D eigenvalue weighted by Crippen LogP contribution is -2.45. The predicted octanol–water partition coefficient (Wildman–Crippen LogP) is 3.04. The number of piperidine rings is 1. The van der Waals surface area contributed by atoms with E-state index in [1.165, 1.54) is 6.42 Å². The van der Waals surface area contributed by atoms with Crippen LogP contribution in [0.2, 0.25) is 0 Å². The van der Waals surface area contributed by atoms with E-state index in [1.54, 1.807) is 6.07 Å². The molecular weight excluding hydrogens is 376 g/mol. The van der Waals surface area contributed by atoms with Crippen molar-refractivity contribution in [1.82, 2.24) is 19.4 Å². The highest BCUT2D eigenvalue weighted by Crippen LogP contribution is 2.34. The van der Waals surface area contributed by atoms with Crippen molar-refractivity contribution in [2.45, 2.75) is 78.2 Å². The van der Waals surface area contributed by atoms with Crippen LogP contribution in [0.5, 0.6) is 0 Å². The molecule has 3 aliphatic heterocycles. The van der Waals surface area contributed by atoms with Crippen LogP contribution < -0.4 is 5.56 Å². The summed E-state index contributed by atoms with van der Waals surface area (Å²) in [5.74, 6) is 2.20. The maximum Gasteiger partial charge on any atom is 0.253 e. The Morgan fingerprint density at radius 3 is 2.57 bits per heavy atom. The van der Waals surface area contributed by atoms with Gasteiger partial charge in [-0.05, 0) is 50.0 Å². The number of rotatable bonds is 3. The van der Waals surface area contributed by atoms with Crippen molar-refractivity contribution in [1.29, 1.82) is 0 Å². The molecule has 0 saturated carbocycles. The highest BCUT2D eigenvalue weighted by atomic mass is 16.2. The summed E-state index contributed by atoms with van der Waals surface area (Å²) in [6.45, 7) is 11.8. The third kappa shape index (κ3) is 4.79. The van der Waals surface area contributed by atoms with Gasteiger partial charge < -0.3 is 4.90 Å². The van der Waals surface area contributed by atoms with Gasteiger partial charge in [-0.1, -0.05) is 27.2 Å². The maximum absolute atomic E-state index is 12.9. The van der Waals surface area contributed by atoms with Crippen LogP contribution in [-0.4, -0.2) is 58.0 Å². The lowest BCUT2D eigenvalue weighted by atomic mass is 9.75. The topological polar surface area (TPSA) is 58.4 Å². The molecule has 6 heteroatoms. The van der Waals surface area contributed by atoms with Crippen LogP contribution in [0.3, 0.4) is 0 Å². The number of hydrogen-bond acceptors (Lipinski definition) is 4. The first kappa shape index (κ1) is 21.5. The van der Waals surface area contributed by atoms with Crippen LogP contribution in [-0.2, 0) is 17.8 Å². The molecule has 0 unspecified atom stereocenters. The monoisotopic (exact) mass is 414 g/mol. The Kier molecular flexibility index (Phi) is 6.33. The molecule has 166 valence electrons. The van der Waals surface area contributed by atoms with Crippen LogP contribution in [0.25, 0.3) is 0 Å². The van der Waals surface area contributed by atoms with E-state index in [-0.39, 0.29) is 17.4 Å². The van der Waals surface area contributed by atoms with Gasteiger partial charge in [0.25, 0.3) is 5.56 Å². The molecular formula is C24H38N4O2. The van der Waals surface area contributed by atoms with E-state index in [0.717, 1.165) is 82.8 Å². The molecule has 4 heterocycles. The molecule has 0 radical (unpaired) electrons. The minimum Gasteiger partial charge on any atom is -0.342 e. The molecule has 1 amide bonds. The van der Waals surface area contributed by atoms with E-state index in [2.05, 4.69) is 30.6 Å². The Morgan fingerprint density at radius 1 is 1.07 bits per heavy atom. The molecule has 2 saturated heterocycles. The zero-order valence-corrected chi connectivity index (χ0v) is 19.0. The van der Waals surface area contributed by atoms with Gasteiger partial charge in [-0.3, -0.25) is 19.1 Å². The number of nitrogens with zero attached hydrogens (tertiary/aromatic N) is 4. The van der Waals surface area contributed by atoms with Crippen molar-refractivity contribution in [3.05, 3.63) is 27.9 Å². The second-order valence-corrected chi connectivity index (χ2v) is 10.6. The van der Waals surface area contributed by atoms with Crippen LogP contribution >= 0.6 is 0 Å². The summed E-state index contributed by atoms with van der Waals surface area (Å²) in [5.41, 5.74) is 1.37. The van der Waals surface area contributed by atoms with E-state index in [1.807, 2.05) is 4.57 Å². The number of carbonyl (C=O) groups excluding carboxylic acids is 1. The number of fused-ring (bicyclic) bond motifs is 1. The van der Waals surface area contributed by atoms with Gasteiger partial charge in [0, 0.05) is 44.6 Å². The minimum absolute atomic E-state index is 0.105. The number of hydrogen-bond donors (Lipinski definition) is 0. The fourth-order valence-electron chi connectivity index (χ4n) is 5.45. The normalized spacial score (nSPS) is 24.0. The van der Waals surface area contributed by atoms with Crippen molar-refractivity contribution in [2.24, 2.45) is 11.3 Å². The Bertz CT molecular complexity index is 817. The van der Waals surface area contributed by atoms with E-state index in [0.29, 0.717) is 17.9 Å². The van der Waals surface area contributed by atoms with Crippen LogP contribution in [0.15, 0.2) is 10.9 Å². The highest BCUT2D eigenvalue weighted by molar-refractivity contribution is 5.78. The molecule has 6 nitrogen and oxygen atoms in total. The molecule has 0 aromatic carbocycles. The average molecular weight is 415 g/mol. The van der Waals surface area contributed by atoms with Crippen LogP contribution in [0.1, 0.15) is 76.7 Å². The average Bonchev–Trinajstić information content (AvgIpc) is 3.03. The maximum atomic E-state index is 12.9. The summed E-state index contributed by atoms with van der Waals surface area (Å²) in [5, 5.41) is 0. The van der Waals surface area contributed by atoms with Gasteiger partial charge in [0.1, 0.15) is 5.82 Å². The Labute approximate surface area is 180 Å². The Balaban J connectivity index is 1.33. The molecule has 0 N–H and O–H groups in total. The van der Waals surface area contributed by atoms with Crippen LogP contribution in [0, 0.1) is 11.3 Å². The highest BCUT2D eigenvalue weighted by Gasteiger charge is 2.32. The summed E-state index contributed by atoms with van der Waals surface area (Å²) in [7, 11) is 0. The zero-order valence-electron chi connectivity index (χ0n) is 19.0. The molecule has 2 fully saturated rings. The standard InChI is InChI=1S/C24H38N4O2/c1-24(2,3)19-9-13-27(14-10-19)23(30)17-26-12-8-18(16-26)20-15-22(29)28-11-6-4-5-7-21(28)25-20/h15,18-19H,4-14,16-17H2,1-3H3/t18-/m0/s1. The quantitative estimate of drug-likeness (QED) is 0.763. The minimum atomic E-state index is 0.105. The molecule has 1 aromatic rings. The molecule has 0 aliphatic carbocycles. The first-order valence-electron chi connectivity index (χ1n) is 11.9. The number of likely N-dealkylation sites (tertiary alicyclic amines) is 2. The van der Waals surface area contributed by atoms with E-state index in [9.17, 15) is 9.59 Å². The Hall–Kier alpha value is -1.69. The molecule has 1 atom stereocenters. The molecule has 0 spiro atoms. The second-order valence-electron chi connectivity index (χ2n) is 10.6. The summed E-state index contributed by atoms with van der Waals surface area (Å²) in [6.07, 6.45) is 7.47. The SMILES string of the molecule is CC(C)(C)C1CCN(C(=O)CN2CC[C@H](c3cc(=O)n4c(n3)CCCCC4)C2)CC1. The smallest absolute Gasteiger partial charge is 0.253 e. The van der Waals surface area contributed by atoms with Crippen molar-refractivity contribution >= 4 is 5.91 Å². The third-order valence-corrected chi connectivity index (χ3v) is 7.51. The van der Waals surface area contributed by atoms with E-state index in [4.69, 9.17) is 4.98 Å².